The summed E-state index contributed by atoms with van der Waals surface area (Å²) in [5.41, 5.74) is 3.22. The zero-order chi connectivity index (χ0) is 13.1. The average Bonchev–Trinajstić information content (AvgIpc) is 2.83. The third-order valence-electron chi connectivity index (χ3n) is 3.02. The maximum atomic E-state index is 8.88. The summed E-state index contributed by atoms with van der Waals surface area (Å²) < 4.78 is 1.86. The van der Waals surface area contributed by atoms with Gasteiger partial charge in [0.1, 0.15) is 11.8 Å². The predicted molar refractivity (Wildman–Crippen MR) is 74.5 cm³/mol. The maximum absolute atomic E-state index is 8.88. The Morgan fingerprint density at radius 2 is 2.11 bits per heavy atom. The number of nitrogens with zero attached hydrogens (tertiary/aromatic N) is 2. The molecule has 0 aliphatic rings. The van der Waals surface area contributed by atoms with Crippen LogP contribution >= 0.6 is 11.3 Å². The summed E-state index contributed by atoms with van der Waals surface area (Å²) in [6, 6.07) is 6.34. The standard InChI is InChI=1S/C14H17N3S/c1-10-4-14(18-11(10)2)8-16-7-12-5-13(6-15)17(3)9-12/h4-5,9,16H,7-8H2,1-3H3. The molecular formula is C14H17N3S. The summed E-state index contributed by atoms with van der Waals surface area (Å²) >= 11 is 1.84. The number of thiophene rings is 1. The van der Waals surface area contributed by atoms with E-state index in [1.807, 2.05) is 35.2 Å². The van der Waals surface area contributed by atoms with Gasteiger partial charge in [0.25, 0.3) is 0 Å². The lowest BCUT2D eigenvalue weighted by Gasteiger charge is -2.00. The minimum absolute atomic E-state index is 0.703. The summed E-state index contributed by atoms with van der Waals surface area (Å²) in [4.78, 5) is 2.75. The molecule has 0 bridgehead atoms. The monoisotopic (exact) mass is 259 g/mol. The Hall–Kier alpha value is -1.57. The molecule has 1 N–H and O–H groups in total. The SMILES string of the molecule is Cc1cc(CNCc2cc(C#N)n(C)c2)sc1C. The quantitative estimate of drug-likeness (QED) is 0.917. The Morgan fingerprint density at radius 3 is 2.67 bits per heavy atom. The molecule has 2 aromatic rings. The van der Waals surface area contributed by atoms with Crippen LogP contribution in [0.15, 0.2) is 18.3 Å². The van der Waals surface area contributed by atoms with Gasteiger partial charge < -0.3 is 9.88 Å². The molecule has 0 atom stereocenters. The Morgan fingerprint density at radius 1 is 1.33 bits per heavy atom. The molecule has 0 spiro atoms. The van der Waals surface area contributed by atoms with Gasteiger partial charge in [0.2, 0.25) is 0 Å². The van der Waals surface area contributed by atoms with Crippen molar-refractivity contribution in [3.8, 4) is 6.07 Å². The lowest BCUT2D eigenvalue weighted by Crippen LogP contribution is -2.11. The van der Waals surface area contributed by atoms with Crippen LogP contribution in [0.4, 0.5) is 0 Å². The maximum Gasteiger partial charge on any atom is 0.120 e. The number of aromatic nitrogens is 1. The number of nitrogens with one attached hydrogen (secondary N) is 1. The van der Waals surface area contributed by atoms with Crippen molar-refractivity contribution in [2.24, 2.45) is 7.05 Å². The third-order valence-corrected chi connectivity index (χ3v) is 4.17. The van der Waals surface area contributed by atoms with Crippen LogP contribution in [0.3, 0.4) is 0 Å². The summed E-state index contributed by atoms with van der Waals surface area (Å²) in [7, 11) is 1.90. The van der Waals surface area contributed by atoms with Crippen molar-refractivity contribution in [3.05, 3.63) is 44.9 Å². The van der Waals surface area contributed by atoms with Gasteiger partial charge in [-0.3, -0.25) is 0 Å². The van der Waals surface area contributed by atoms with E-state index in [0.29, 0.717) is 5.69 Å². The van der Waals surface area contributed by atoms with E-state index >= 15 is 0 Å². The molecule has 0 aromatic carbocycles. The molecule has 0 saturated carbocycles. The summed E-state index contributed by atoms with van der Waals surface area (Å²) in [6.45, 7) is 5.98. The van der Waals surface area contributed by atoms with E-state index in [9.17, 15) is 0 Å². The Balaban J connectivity index is 1.90. The molecule has 4 heteroatoms. The van der Waals surface area contributed by atoms with Gasteiger partial charge in [0, 0.05) is 36.1 Å². The van der Waals surface area contributed by atoms with E-state index in [0.717, 1.165) is 18.7 Å². The second-order valence-electron chi connectivity index (χ2n) is 4.51. The average molecular weight is 259 g/mol. The molecule has 0 aliphatic carbocycles. The number of nitriles is 1. The zero-order valence-electron chi connectivity index (χ0n) is 10.9. The molecule has 3 nitrogen and oxygen atoms in total. The highest BCUT2D eigenvalue weighted by molar-refractivity contribution is 7.12. The molecule has 94 valence electrons. The Bertz CT molecular complexity index is 567. The predicted octanol–water partition coefficient (Wildman–Crippen LogP) is 2.86. The number of hydrogen-bond acceptors (Lipinski definition) is 3. The van der Waals surface area contributed by atoms with Gasteiger partial charge in [0.15, 0.2) is 0 Å². The lowest BCUT2D eigenvalue weighted by molar-refractivity contribution is 0.699. The molecule has 18 heavy (non-hydrogen) atoms. The second-order valence-corrected chi connectivity index (χ2v) is 5.85. The Labute approximate surface area is 112 Å². The zero-order valence-corrected chi connectivity index (χ0v) is 11.8. The number of aryl methyl sites for hydroxylation is 3. The van der Waals surface area contributed by atoms with Gasteiger partial charge in [-0.05, 0) is 37.1 Å². The highest BCUT2D eigenvalue weighted by atomic mass is 32.1. The number of hydrogen-bond donors (Lipinski definition) is 1. The molecule has 0 aliphatic heterocycles. The van der Waals surface area contributed by atoms with Crippen LogP contribution < -0.4 is 5.32 Å². The van der Waals surface area contributed by atoms with Crippen LogP contribution in [-0.2, 0) is 20.1 Å². The van der Waals surface area contributed by atoms with E-state index in [1.54, 1.807) is 0 Å². The summed E-state index contributed by atoms with van der Waals surface area (Å²) in [5.74, 6) is 0. The van der Waals surface area contributed by atoms with Gasteiger partial charge in [0.05, 0.1) is 0 Å². The molecule has 0 amide bonds. The fourth-order valence-corrected chi connectivity index (χ4v) is 2.93. The molecule has 2 rings (SSSR count). The first kappa shape index (κ1) is 12.9. The molecule has 0 fully saturated rings. The van der Waals surface area contributed by atoms with Gasteiger partial charge in [-0.15, -0.1) is 11.3 Å². The first-order valence-corrected chi connectivity index (χ1v) is 6.73. The van der Waals surface area contributed by atoms with Crippen molar-refractivity contribution in [1.82, 2.24) is 9.88 Å². The van der Waals surface area contributed by atoms with Crippen molar-refractivity contribution in [1.29, 1.82) is 5.26 Å². The second kappa shape index (κ2) is 5.38. The first-order valence-electron chi connectivity index (χ1n) is 5.92. The minimum atomic E-state index is 0.703. The first-order chi connectivity index (χ1) is 8.60. The molecular weight excluding hydrogens is 242 g/mol. The molecule has 2 aromatic heterocycles. The molecule has 0 saturated heterocycles. The van der Waals surface area contributed by atoms with E-state index in [1.165, 1.54) is 15.3 Å². The van der Waals surface area contributed by atoms with Crippen LogP contribution in [-0.4, -0.2) is 4.57 Å². The summed E-state index contributed by atoms with van der Waals surface area (Å²) in [5, 5.41) is 12.3. The van der Waals surface area contributed by atoms with Crippen molar-refractivity contribution >= 4 is 11.3 Å². The van der Waals surface area contributed by atoms with Crippen LogP contribution in [0, 0.1) is 25.2 Å². The fourth-order valence-electron chi connectivity index (χ4n) is 1.91. The molecule has 0 unspecified atom stereocenters. The Kier molecular flexibility index (Phi) is 3.85. The van der Waals surface area contributed by atoms with Crippen LogP contribution in [0.5, 0.6) is 0 Å². The van der Waals surface area contributed by atoms with Gasteiger partial charge >= 0.3 is 0 Å². The van der Waals surface area contributed by atoms with Gasteiger partial charge in [-0.25, -0.2) is 0 Å². The number of rotatable bonds is 4. The largest absolute Gasteiger partial charge is 0.342 e. The van der Waals surface area contributed by atoms with Crippen LogP contribution in [0.25, 0.3) is 0 Å². The van der Waals surface area contributed by atoms with Gasteiger partial charge in [-0.1, -0.05) is 0 Å². The fraction of sp³-hybridized carbons (Fsp3) is 0.357. The highest BCUT2D eigenvalue weighted by Gasteiger charge is 2.03. The van der Waals surface area contributed by atoms with E-state index in [-0.39, 0.29) is 0 Å². The topological polar surface area (TPSA) is 40.8 Å². The molecule has 0 radical (unpaired) electrons. The van der Waals surface area contributed by atoms with Crippen molar-refractivity contribution in [2.45, 2.75) is 26.9 Å². The van der Waals surface area contributed by atoms with Crippen LogP contribution in [0.1, 0.15) is 26.6 Å². The summed E-state index contributed by atoms with van der Waals surface area (Å²) in [6.07, 6.45) is 2.00. The lowest BCUT2D eigenvalue weighted by atomic mass is 10.3. The minimum Gasteiger partial charge on any atom is -0.342 e. The van der Waals surface area contributed by atoms with Crippen molar-refractivity contribution in [3.63, 3.8) is 0 Å². The third kappa shape index (κ3) is 2.81. The highest BCUT2D eigenvalue weighted by Crippen LogP contribution is 2.20. The van der Waals surface area contributed by atoms with E-state index in [4.69, 9.17) is 5.26 Å². The van der Waals surface area contributed by atoms with E-state index < -0.39 is 0 Å². The van der Waals surface area contributed by atoms with Crippen LogP contribution in [0.2, 0.25) is 0 Å². The normalized spacial score (nSPS) is 10.6. The van der Waals surface area contributed by atoms with Crippen molar-refractivity contribution < 1.29 is 0 Å². The molecule has 2 heterocycles. The van der Waals surface area contributed by atoms with E-state index in [2.05, 4.69) is 31.3 Å². The van der Waals surface area contributed by atoms with Gasteiger partial charge in [-0.2, -0.15) is 5.26 Å². The smallest absolute Gasteiger partial charge is 0.120 e. The van der Waals surface area contributed by atoms with Crippen molar-refractivity contribution in [2.75, 3.05) is 0 Å².